The van der Waals surface area contributed by atoms with Crippen LogP contribution in [-0.4, -0.2) is 17.2 Å². The molecule has 1 aliphatic carbocycles. The lowest BCUT2D eigenvalue weighted by Crippen LogP contribution is -2.05. The molecule has 1 fully saturated rings. The quantitative estimate of drug-likeness (QED) is 0.740. The van der Waals surface area contributed by atoms with Gasteiger partial charge < -0.3 is 9.47 Å². The van der Waals surface area contributed by atoms with E-state index in [0.29, 0.717) is 19.3 Å². The van der Waals surface area contributed by atoms with Gasteiger partial charge in [0.05, 0.1) is 36.8 Å². The van der Waals surface area contributed by atoms with Gasteiger partial charge in [-0.05, 0) is 38.8 Å². The van der Waals surface area contributed by atoms with Crippen molar-refractivity contribution in [2.45, 2.75) is 52.1 Å². The molecule has 0 amide bonds. The lowest BCUT2D eigenvalue weighted by Gasteiger charge is -2.08. The van der Waals surface area contributed by atoms with E-state index in [2.05, 4.69) is 4.98 Å². The van der Waals surface area contributed by atoms with Gasteiger partial charge in [0.25, 0.3) is 0 Å². The zero-order valence-electron chi connectivity index (χ0n) is 9.98. The Labute approximate surface area is 96.8 Å². The summed E-state index contributed by atoms with van der Waals surface area (Å²) in [6.45, 7) is 5.26. The molecule has 0 aliphatic heterocycles. The third-order valence-electron chi connectivity index (χ3n) is 2.42. The van der Waals surface area contributed by atoms with Crippen LogP contribution in [0.25, 0.3) is 0 Å². The van der Waals surface area contributed by atoms with Gasteiger partial charge in [0.15, 0.2) is 0 Å². The van der Waals surface area contributed by atoms with Crippen molar-refractivity contribution in [3.05, 3.63) is 29.6 Å². The van der Waals surface area contributed by atoms with E-state index >= 15 is 0 Å². The van der Waals surface area contributed by atoms with Crippen molar-refractivity contribution in [2.24, 2.45) is 0 Å². The van der Waals surface area contributed by atoms with E-state index in [1.54, 1.807) is 0 Å². The van der Waals surface area contributed by atoms with E-state index in [1.165, 1.54) is 12.8 Å². The SMILES string of the molecule is CC(C)OCc1cccc(COC2CC2)n1. The molecule has 0 spiro atoms. The molecule has 0 radical (unpaired) electrons. The number of pyridine rings is 1. The van der Waals surface area contributed by atoms with Gasteiger partial charge in [0, 0.05) is 0 Å². The molecular weight excluding hydrogens is 202 g/mol. The smallest absolute Gasteiger partial charge is 0.0891 e. The maximum absolute atomic E-state index is 5.62. The van der Waals surface area contributed by atoms with Crippen molar-refractivity contribution < 1.29 is 9.47 Å². The fourth-order valence-electron chi connectivity index (χ4n) is 1.38. The van der Waals surface area contributed by atoms with Gasteiger partial charge >= 0.3 is 0 Å². The number of ether oxygens (including phenoxy) is 2. The van der Waals surface area contributed by atoms with Crippen LogP contribution in [0.1, 0.15) is 38.1 Å². The maximum Gasteiger partial charge on any atom is 0.0891 e. The summed E-state index contributed by atoms with van der Waals surface area (Å²) in [5, 5.41) is 0. The lowest BCUT2D eigenvalue weighted by molar-refractivity contribution is 0.0628. The highest BCUT2D eigenvalue weighted by Crippen LogP contribution is 2.24. The van der Waals surface area contributed by atoms with E-state index in [4.69, 9.17) is 9.47 Å². The second kappa shape index (κ2) is 5.41. The molecule has 1 heterocycles. The summed E-state index contributed by atoms with van der Waals surface area (Å²) in [5.74, 6) is 0. The Morgan fingerprint density at radius 1 is 1.25 bits per heavy atom. The highest BCUT2D eigenvalue weighted by atomic mass is 16.5. The molecule has 16 heavy (non-hydrogen) atoms. The van der Waals surface area contributed by atoms with Crippen LogP contribution < -0.4 is 0 Å². The average Bonchev–Trinajstić information content (AvgIpc) is 3.08. The first-order chi connectivity index (χ1) is 7.74. The van der Waals surface area contributed by atoms with Gasteiger partial charge in [-0.1, -0.05) is 6.07 Å². The van der Waals surface area contributed by atoms with Crippen molar-refractivity contribution >= 4 is 0 Å². The summed E-state index contributed by atoms with van der Waals surface area (Å²) in [5.41, 5.74) is 1.97. The molecule has 3 nitrogen and oxygen atoms in total. The molecule has 1 saturated carbocycles. The Bertz CT molecular complexity index is 313. The Kier molecular flexibility index (Phi) is 3.91. The summed E-state index contributed by atoms with van der Waals surface area (Å²) in [4.78, 5) is 4.49. The summed E-state index contributed by atoms with van der Waals surface area (Å²) < 4.78 is 11.1. The fraction of sp³-hybridized carbons (Fsp3) is 0.615. The molecule has 88 valence electrons. The van der Waals surface area contributed by atoms with Crippen LogP contribution in [0.5, 0.6) is 0 Å². The molecule has 1 aliphatic rings. The second-order valence-electron chi connectivity index (χ2n) is 4.49. The first-order valence-corrected chi connectivity index (χ1v) is 5.92. The fourth-order valence-corrected chi connectivity index (χ4v) is 1.38. The van der Waals surface area contributed by atoms with Crippen molar-refractivity contribution in [3.8, 4) is 0 Å². The standard InChI is InChI=1S/C13H19NO2/c1-10(2)15-8-11-4-3-5-12(14-11)9-16-13-6-7-13/h3-5,10,13H,6-9H2,1-2H3. The minimum atomic E-state index is 0.244. The zero-order chi connectivity index (χ0) is 11.4. The van der Waals surface area contributed by atoms with E-state index in [-0.39, 0.29) is 6.10 Å². The van der Waals surface area contributed by atoms with Crippen molar-refractivity contribution in [2.75, 3.05) is 0 Å². The normalized spacial score (nSPS) is 15.7. The first kappa shape index (κ1) is 11.6. The predicted octanol–water partition coefficient (Wildman–Crippen LogP) is 2.69. The number of hydrogen-bond donors (Lipinski definition) is 0. The van der Waals surface area contributed by atoms with E-state index < -0.39 is 0 Å². The van der Waals surface area contributed by atoms with Crippen LogP contribution in [-0.2, 0) is 22.7 Å². The highest BCUT2D eigenvalue weighted by molar-refractivity contribution is 5.10. The van der Waals surface area contributed by atoms with Gasteiger partial charge in [-0.2, -0.15) is 0 Å². The molecule has 1 aromatic rings. The number of aromatic nitrogens is 1. The monoisotopic (exact) mass is 221 g/mol. The van der Waals surface area contributed by atoms with Gasteiger partial charge in [-0.3, -0.25) is 4.98 Å². The van der Waals surface area contributed by atoms with Crippen LogP contribution in [0, 0.1) is 0 Å². The Morgan fingerprint density at radius 3 is 2.56 bits per heavy atom. The van der Waals surface area contributed by atoms with Gasteiger partial charge in [-0.15, -0.1) is 0 Å². The largest absolute Gasteiger partial charge is 0.373 e. The van der Waals surface area contributed by atoms with Gasteiger partial charge in [0.2, 0.25) is 0 Å². The number of hydrogen-bond acceptors (Lipinski definition) is 3. The van der Waals surface area contributed by atoms with Crippen LogP contribution in [0.4, 0.5) is 0 Å². The summed E-state index contributed by atoms with van der Waals surface area (Å²) in [7, 11) is 0. The lowest BCUT2D eigenvalue weighted by atomic mass is 10.3. The van der Waals surface area contributed by atoms with E-state index in [9.17, 15) is 0 Å². The Hall–Kier alpha value is -0.930. The van der Waals surface area contributed by atoms with Crippen LogP contribution in [0.15, 0.2) is 18.2 Å². The molecule has 0 bridgehead atoms. The third-order valence-corrected chi connectivity index (χ3v) is 2.42. The molecule has 0 unspecified atom stereocenters. The molecule has 0 aromatic carbocycles. The Morgan fingerprint density at radius 2 is 1.94 bits per heavy atom. The minimum absolute atomic E-state index is 0.244. The van der Waals surface area contributed by atoms with Crippen LogP contribution in [0.3, 0.4) is 0 Å². The van der Waals surface area contributed by atoms with E-state index in [0.717, 1.165) is 11.4 Å². The molecule has 1 aromatic heterocycles. The first-order valence-electron chi connectivity index (χ1n) is 5.92. The van der Waals surface area contributed by atoms with Crippen molar-refractivity contribution in [1.82, 2.24) is 4.98 Å². The molecule has 3 heteroatoms. The average molecular weight is 221 g/mol. The van der Waals surface area contributed by atoms with Gasteiger partial charge in [-0.25, -0.2) is 0 Å². The number of nitrogens with zero attached hydrogens (tertiary/aromatic N) is 1. The summed E-state index contributed by atoms with van der Waals surface area (Å²) in [6, 6.07) is 6.00. The number of rotatable bonds is 6. The third kappa shape index (κ3) is 3.91. The predicted molar refractivity (Wildman–Crippen MR) is 62.0 cm³/mol. The Balaban J connectivity index is 1.84. The zero-order valence-corrected chi connectivity index (χ0v) is 9.98. The molecule has 2 rings (SSSR count). The van der Waals surface area contributed by atoms with Crippen LogP contribution in [0.2, 0.25) is 0 Å². The molecular formula is C13H19NO2. The van der Waals surface area contributed by atoms with Crippen LogP contribution >= 0.6 is 0 Å². The molecule has 0 saturated heterocycles. The molecule has 0 N–H and O–H groups in total. The maximum atomic E-state index is 5.62. The summed E-state index contributed by atoms with van der Waals surface area (Å²) in [6.07, 6.45) is 3.14. The van der Waals surface area contributed by atoms with E-state index in [1.807, 2.05) is 32.0 Å². The summed E-state index contributed by atoms with van der Waals surface area (Å²) >= 11 is 0. The topological polar surface area (TPSA) is 31.4 Å². The van der Waals surface area contributed by atoms with Gasteiger partial charge in [0.1, 0.15) is 0 Å². The van der Waals surface area contributed by atoms with Crippen molar-refractivity contribution in [3.63, 3.8) is 0 Å². The molecule has 0 atom stereocenters. The second-order valence-corrected chi connectivity index (χ2v) is 4.49. The highest BCUT2D eigenvalue weighted by Gasteiger charge is 2.21. The van der Waals surface area contributed by atoms with Crippen molar-refractivity contribution in [1.29, 1.82) is 0 Å². The minimum Gasteiger partial charge on any atom is -0.373 e.